The first kappa shape index (κ1) is 37.8. The van der Waals surface area contributed by atoms with Crippen LogP contribution < -0.4 is 16.8 Å². The van der Waals surface area contributed by atoms with Crippen molar-refractivity contribution in [2.45, 2.75) is 60.3 Å². The number of halogens is 2. The molecule has 36 heavy (non-hydrogen) atoms. The second-order valence-corrected chi connectivity index (χ2v) is 9.05. The molecule has 8 heteroatoms. The molecule has 0 saturated carbocycles. The minimum absolute atomic E-state index is 0.0287. The van der Waals surface area contributed by atoms with E-state index in [-0.39, 0.29) is 17.7 Å². The molecule has 5 N–H and O–H groups in total. The number of anilines is 1. The normalized spacial score (nSPS) is 16.6. The number of allylic oxidation sites excluding steroid dienone is 6. The molecule has 1 aliphatic rings. The lowest BCUT2D eigenvalue weighted by Gasteiger charge is -2.22. The maximum atomic E-state index is 8.58. The van der Waals surface area contributed by atoms with Crippen LogP contribution in [0.25, 0.3) is 5.70 Å². The molecule has 0 aliphatic carbocycles. The summed E-state index contributed by atoms with van der Waals surface area (Å²) in [6, 6.07) is 1.94. The Morgan fingerprint density at radius 3 is 2.14 bits per heavy atom. The van der Waals surface area contributed by atoms with Crippen LogP contribution in [0.3, 0.4) is 0 Å². The van der Waals surface area contributed by atoms with E-state index in [1.165, 1.54) is 11.1 Å². The number of nitrogens with zero attached hydrogens (tertiary/aromatic N) is 2. The fraction of sp³-hybridized carbons (Fsp3) is 0.429. The number of terminal acetylenes is 1. The van der Waals surface area contributed by atoms with E-state index < -0.39 is 0 Å². The van der Waals surface area contributed by atoms with Gasteiger partial charge in [-0.15, -0.1) is 19.6 Å². The summed E-state index contributed by atoms with van der Waals surface area (Å²) in [5.74, 6) is 3.72. The number of amides is 1. The number of carbonyl (C=O) groups excluding carboxylic acids is 1. The highest BCUT2D eigenvalue weighted by molar-refractivity contribution is 6.29. The molecular weight excluding hydrogens is 493 g/mol. The van der Waals surface area contributed by atoms with Crippen LogP contribution >= 0.6 is 23.2 Å². The van der Waals surface area contributed by atoms with Gasteiger partial charge >= 0.3 is 0 Å². The molecule has 202 valence electrons. The largest absolute Gasteiger partial charge is 0.384 e. The Bertz CT molecular complexity index is 892. The highest BCUT2D eigenvalue weighted by Gasteiger charge is 2.21. The maximum Gasteiger partial charge on any atom is 0.204 e. The molecule has 0 spiro atoms. The van der Waals surface area contributed by atoms with Gasteiger partial charge in [0.2, 0.25) is 6.41 Å². The zero-order valence-electron chi connectivity index (χ0n) is 22.9. The Labute approximate surface area is 229 Å². The average Bonchev–Trinajstić information content (AvgIpc) is 3.27. The number of nitrogens with two attached hydrogens (primary N) is 2. The molecule has 1 atom stereocenters. The third-order valence-corrected chi connectivity index (χ3v) is 4.96. The van der Waals surface area contributed by atoms with Crippen molar-refractivity contribution in [2.24, 2.45) is 11.7 Å². The van der Waals surface area contributed by atoms with Crippen LogP contribution in [0.2, 0.25) is 0 Å². The molecule has 1 aromatic rings. The predicted octanol–water partition coefficient (Wildman–Crippen LogP) is 6.60. The number of hydrogen-bond donors (Lipinski definition) is 3. The molecule has 0 radical (unpaired) electrons. The van der Waals surface area contributed by atoms with Gasteiger partial charge in [-0.05, 0) is 57.8 Å². The van der Waals surface area contributed by atoms with Crippen molar-refractivity contribution >= 4 is 41.1 Å². The van der Waals surface area contributed by atoms with E-state index in [1.54, 1.807) is 10.8 Å². The minimum Gasteiger partial charge on any atom is -0.384 e. The van der Waals surface area contributed by atoms with E-state index in [1.807, 2.05) is 45.9 Å². The smallest absolute Gasteiger partial charge is 0.204 e. The molecule has 6 nitrogen and oxygen atoms in total. The number of nitrogen functional groups attached to an aromatic ring is 1. The van der Waals surface area contributed by atoms with Gasteiger partial charge < -0.3 is 16.8 Å². The summed E-state index contributed by atoms with van der Waals surface area (Å²) < 4.78 is 1.80. The molecule has 2 rings (SSSR count). The number of carbonyl (C=O) groups is 1. The Hall–Kier alpha value is -2.72. The monoisotopic (exact) mass is 537 g/mol. The van der Waals surface area contributed by atoms with Crippen molar-refractivity contribution < 1.29 is 4.79 Å². The van der Waals surface area contributed by atoms with Gasteiger partial charge in [-0.1, -0.05) is 68.1 Å². The minimum atomic E-state index is -0.0287. The summed E-state index contributed by atoms with van der Waals surface area (Å²) >= 11 is 10.3. The maximum absolute atomic E-state index is 8.58. The first-order valence-electron chi connectivity index (χ1n) is 11.5. The predicted molar refractivity (Wildman–Crippen MR) is 161 cm³/mol. The van der Waals surface area contributed by atoms with Gasteiger partial charge in [0.15, 0.2) is 0 Å². The molecule has 0 bridgehead atoms. The quantitative estimate of drug-likeness (QED) is 0.224. The standard InChI is InChI=1S/C18H26N4.C4H7Cl.C3H5Cl.C2H4.CH3NO/c1-6-13-8-9-20-12-14(13)10-15(7-2)22-17(19)11-16(21-22)18(3,4)5;1-3-4(2)5;1-2-3-4;1-2;2-1-3/h1,7,10-11,13,20H,8-9,12,19H2,2-5H3;3H,1-2H3;2-3H,1H3;1-2H2;1H,(H2,2,3)/b14-10-,15-7+;4-3+;3-2+;;. The highest BCUT2D eigenvalue weighted by Crippen LogP contribution is 2.26. The van der Waals surface area contributed by atoms with Crippen LogP contribution in [0.1, 0.15) is 60.6 Å². The number of primary amides is 1. The first-order chi connectivity index (χ1) is 17.0. The van der Waals surface area contributed by atoms with Crippen LogP contribution in [-0.4, -0.2) is 29.3 Å². The Kier molecular flexibility index (Phi) is 23.9. The van der Waals surface area contributed by atoms with E-state index in [0.717, 1.165) is 35.9 Å². The van der Waals surface area contributed by atoms with Crippen LogP contribution in [0.4, 0.5) is 5.82 Å². The fourth-order valence-electron chi connectivity index (χ4n) is 2.56. The van der Waals surface area contributed by atoms with E-state index in [2.05, 4.69) is 62.1 Å². The third-order valence-electron chi connectivity index (χ3n) is 4.49. The second kappa shape index (κ2) is 22.7. The van der Waals surface area contributed by atoms with Crippen molar-refractivity contribution in [3.8, 4) is 12.3 Å². The van der Waals surface area contributed by atoms with E-state index in [0.29, 0.717) is 5.82 Å². The molecule has 1 aliphatic heterocycles. The summed E-state index contributed by atoms with van der Waals surface area (Å²) in [7, 11) is 0. The first-order valence-corrected chi connectivity index (χ1v) is 12.3. The van der Waals surface area contributed by atoms with Gasteiger partial charge in [-0.3, -0.25) is 4.79 Å². The van der Waals surface area contributed by atoms with Crippen LogP contribution in [-0.2, 0) is 10.2 Å². The van der Waals surface area contributed by atoms with Crippen LogP contribution in [0.15, 0.2) is 59.7 Å². The van der Waals surface area contributed by atoms with Gasteiger partial charge in [0.1, 0.15) is 5.82 Å². The summed E-state index contributed by atoms with van der Waals surface area (Å²) in [6.07, 6.45) is 14.6. The zero-order valence-corrected chi connectivity index (χ0v) is 24.5. The number of hydrogen-bond acceptors (Lipinski definition) is 4. The average molecular weight is 539 g/mol. The van der Waals surface area contributed by atoms with Crippen LogP contribution in [0, 0.1) is 18.3 Å². The molecule has 1 amide bonds. The molecule has 1 fully saturated rings. The lowest BCUT2D eigenvalue weighted by molar-refractivity contribution is -0.106. The van der Waals surface area contributed by atoms with E-state index >= 15 is 0 Å². The topological polar surface area (TPSA) is 99.0 Å². The van der Waals surface area contributed by atoms with Crippen molar-refractivity contribution in [1.82, 2.24) is 15.1 Å². The number of aromatic nitrogens is 2. The van der Waals surface area contributed by atoms with Gasteiger partial charge in [-0.2, -0.15) is 5.10 Å². The molecule has 2 heterocycles. The van der Waals surface area contributed by atoms with Crippen molar-refractivity contribution in [1.29, 1.82) is 0 Å². The second-order valence-electron chi connectivity index (χ2n) is 8.20. The summed E-state index contributed by atoms with van der Waals surface area (Å²) in [5, 5.41) is 8.90. The molecule has 1 saturated heterocycles. The lowest BCUT2D eigenvalue weighted by Crippen LogP contribution is -2.29. The molecular formula is C28H45Cl2N5O. The van der Waals surface area contributed by atoms with Gasteiger partial charge in [-0.25, -0.2) is 4.68 Å². The van der Waals surface area contributed by atoms with Gasteiger partial charge in [0.05, 0.1) is 11.4 Å². The van der Waals surface area contributed by atoms with Gasteiger partial charge in [0, 0.05) is 29.0 Å². The summed E-state index contributed by atoms with van der Waals surface area (Å²) in [5.41, 5.74) is 14.9. The number of piperidine rings is 1. The fourth-order valence-corrected chi connectivity index (χ4v) is 2.56. The Balaban J connectivity index is -0.000000645. The molecule has 1 aromatic heterocycles. The summed E-state index contributed by atoms with van der Waals surface area (Å²) in [6.45, 7) is 21.8. The third kappa shape index (κ3) is 16.8. The number of rotatable bonds is 2. The van der Waals surface area contributed by atoms with Gasteiger partial charge in [0.25, 0.3) is 0 Å². The molecule has 0 aromatic carbocycles. The number of nitrogens with one attached hydrogen (secondary N) is 1. The SMILES string of the molecule is C#CC1CCNC/C1=C/C(=C\C)n1nc(C(C)(C)C)cc1N.C/C=C(\C)Cl.C/C=C/Cl.C=C.NC=O. The van der Waals surface area contributed by atoms with E-state index in [9.17, 15) is 0 Å². The van der Waals surface area contributed by atoms with Crippen molar-refractivity contribution in [2.75, 3.05) is 18.8 Å². The highest BCUT2D eigenvalue weighted by atomic mass is 35.5. The van der Waals surface area contributed by atoms with Crippen molar-refractivity contribution in [3.63, 3.8) is 0 Å². The zero-order chi connectivity index (χ0) is 28.7. The summed E-state index contributed by atoms with van der Waals surface area (Å²) in [4.78, 5) is 8.58. The van der Waals surface area contributed by atoms with Crippen LogP contribution in [0.5, 0.6) is 0 Å². The van der Waals surface area contributed by atoms with E-state index in [4.69, 9.17) is 40.2 Å². The Morgan fingerprint density at radius 2 is 1.81 bits per heavy atom. The Morgan fingerprint density at radius 1 is 1.31 bits per heavy atom. The lowest BCUT2D eigenvalue weighted by atomic mass is 9.92. The van der Waals surface area contributed by atoms with Crippen molar-refractivity contribution in [3.05, 3.63) is 65.4 Å². The molecule has 1 unspecified atom stereocenters.